The van der Waals surface area contributed by atoms with E-state index in [1.165, 1.54) is 0 Å². The second kappa shape index (κ2) is 5.34. The van der Waals surface area contributed by atoms with Crippen molar-refractivity contribution in [1.82, 2.24) is 4.98 Å². The van der Waals surface area contributed by atoms with E-state index in [4.69, 9.17) is 10.8 Å². The second-order valence-electron chi connectivity index (χ2n) is 3.25. The Bertz CT molecular complexity index is 287. The standard InChI is InChI=1S/C10H14N2O2/c11-9(1-2-10(13)14)7-8-3-5-12-6-4-8/h3-6,9H,1-2,7,11H2,(H,13,14). The van der Waals surface area contributed by atoms with E-state index in [0.717, 1.165) is 5.56 Å². The molecule has 1 aromatic heterocycles. The third-order valence-electron chi connectivity index (χ3n) is 1.98. The number of nitrogens with zero attached hydrogens (tertiary/aromatic N) is 1. The zero-order chi connectivity index (χ0) is 10.4. The summed E-state index contributed by atoms with van der Waals surface area (Å²) < 4.78 is 0. The molecule has 0 radical (unpaired) electrons. The fourth-order valence-corrected chi connectivity index (χ4v) is 1.23. The van der Waals surface area contributed by atoms with Gasteiger partial charge in [-0.15, -0.1) is 0 Å². The summed E-state index contributed by atoms with van der Waals surface area (Å²) in [7, 11) is 0. The van der Waals surface area contributed by atoms with E-state index in [1.54, 1.807) is 12.4 Å². The molecule has 1 unspecified atom stereocenters. The van der Waals surface area contributed by atoms with E-state index in [-0.39, 0.29) is 12.5 Å². The first-order valence-corrected chi connectivity index (χ1v) is 4.55. The van der Waals surface area contributed by atoms with Crippen LogP contribution in [0.25, 0.3) is 0 Å². The summed E-state index contributed by atoms with van der Waals surface area (Å²) in [4.78, 5) is 14.2. The Morgan fingerprint density at radius 2 is 2.14 bits per heavy atom. The number of pyridine rings is 1. The molecule has 76 valence electrons. The molecule has 0 fully saturated rings. The van der Waals surface area contributed by atoms with Crippen LogP contribution in [-0.2, 0) is 11.2 Å². The van der Waals surface area contributed by atoms with Gasteiger partial charge >= 0.3 is 5.97 Å². The monoisotopic (exact) mass is 194 g/mol. The second-order valence-corrected chi connectivity index (χ2v) is 3.25. The van der Waals surface area contributed by atoms with Crippen LogP contribution in [0, 0.1) is 0 Å². The lowest BCUT2D eigenvalue weighted by Crippen LogP contribution is -2.23. The molecule has 4 heteroatoms. The van der Waals surface area contributed by atoms with E-state index in [2.05, 4.69) is 4.98 Å². The average Bonchev–Trinajstić information content (AvgIpc) is 2.16. The van der Waals surface area contributed by atoms with Crippen molar-refractivity contribution in [3.8, 4) is 0 Å². The Morgan fingerprint density at radius 1 is 1.50 bits per heavy atom. The Kier molecular flexibility index (Phi) is 4.07. The summed E-state index contributed by atoms with van der Waals surface area (Å²) in [6.07, 6.45) is 4.76. The molecule has 4 nitrogen and oxygen atoms in total. The molecule has 0 aliphatic heterocycles. The number of aliphatic carboxylic acids is 1. The highest BCUT2D eigenvalue weighted by molar-refractivity contribution is 5.66. The van der Waals surface area contributed by atoms with Crippen molar-refractivity contribution in [1.29, 1.82) is 0 Å². The fraction of sp³-hybridized carbons (Fsp3) is 0.400. The fourth-order valence-electron chi connectivity index (χ4n) is 1.23. The van der Waals surface area contributed by atoms with Crippen LogP contribution in [0.3, 0.4) is 0 Å². The van der Waals surface area contributed by atoms with Gasteiger partial charge in [0.15, 0.2) is 0 Å². The van der Waals surface area contributed by atoms with Crippen LogP contribution in [0.2, 0.25) is 0 Å². The number of carboxylic acids is 1. The quantitative estimate of drug-likeness (QED) is 0.727. The summed E-state index contributed by atoms with van der Waals surface area (Å²) in [5, 5.41) is 8.46. The first-order valence-electron chi connectivity index (χ1n) is 4.55. The molecule has 0 aliphatic rings. The average molecular weight is 194 g/mol. The molecule has 0 aromatic carbocycles. The molecule has 3 N–H and O–H groups in total. The van der Waals surface area contributed by atoms with Crippen molar-refractivity contribution >= 4 is 5.97 Å². The zero-order valence-electron chi connectivity index (χ0n) is 7.89. The lowest BCUT2D eigenvalue weighted by molar-refractivity contribution is -0.137. The molecule has 14 heavy (non-hydrogen) atoms. The molecule has 1 atom stereocenters. The van der Waals surface area contributed by atoms with Crippen LogP contribution in [0.1, 0.15) is 18.4 Å². The van der Waals surface area contributed by atoms with Crippen molar-refractivity contribution in [2.75, 3.05) is 0 Å². The van der Waals surface area contributed by atoms with Crippen molar-refractivity contribution < 1.29 is 9.90 Å². The largest absolute Gasteiger partial charge is 0.481 e. The summed E-state index contributed by atoms with van der Waals surface area (Å²) in [6, 6.07) is 3.69. The van der Waals surface area contributed by atoms with Crippen molar-refractivity contribution in [3.05, 3.63) is 30.1 Å². The van der Waals surface area contributed by atoms with Gasteiger partial charge in [0.05, 0.1) is 0 Å². The normalized spacial score (nSPS) is 12.4. The van der Waals surface area contributed by atoms with E-state index in [9.17, 15) is 4.79 Å². The molecular weight excluding hydrogens is 180 g/mol. The van der Waals surface area contributed by atoms with Crippen LogP contribution in [-0.4, -0.2) is 22.1 Å². The Labute approximate surface area is 82.8 Å². The number of hydrogen-bond acceptors (Lipinski definition) is 3. The van der Waals surface area contributed by atoms with Crippen LogP contribution < -0.4 is 5.73 Å². The van der Waals surface area contributed by atoms with E-state index in [1.807, 2.05) is 12.1 Å². The smallest absolute Gasteiger partial charge is 0.303 e. The minimum Gasteiger partial charge on any atom is -0.481 e. The van der Waals surface area contributed by atoms with Crippen LogP contribution in [0.4, 0.5) is 0 Å². The molecule has 1 aromatic rings. The zero-order valence-corrected chi connectivity index (χ0v) is 7.89. The van der Waals surface area contributed by atoms with E-state index < -0.39 is 5.97 Å². The number of aromatic nitrogens is 1. The third kappa shape index (κ3) is 4.00. The van der Waals surface area contributed by atoms with Gasteiger partial charge in [-0.25, -0.2) is 0 Å². The number of carbonyl (C=O) groups is 1. The topological polar surface area (TPSA) is 76.2 Å². The SMILES string of the molecule is NC(CCC(=O)O)Cc1ccncc1. The van der Waals surface area contributed by atoms with Crippen molar-refractivity contribution in [2.24, 2.45) is 5.73 Å². The number of rotatable bonds is 5. The summed E-state index contributed by atoms with van der Waals surface area (Å²) in [6.45, 7) is 0. The van der Waals surface area contributed by atoms with Gasteiger partial charge in [0.25, 0.3) is 0 Å². The Hall–Kier alpha value is -1.42. The minimum atomic E-state index is -0.796. The first kappa shape index (κ1) is 10.7. The van der Waals surface area contributed by atoms with Crippen molar-refractivity contribution in [2.45, 2.75) is 25.3 Å². The predicted molar refractivity (Wildman–Crippen MR) is 52.8 cm³/mol. The molecule has 1 heterocycles. The summed E-state index contributed by atoms with van der Waals surface area (Å²) in [5.41, 5.74) is 6.87. The molecule has 0 saturated heterocycles. The number of hydrogen-bond donors (Lipinski definition) is 2. The number of carboxylic acid groups (broad SMARTS) is 1. The third-order valence-corrected chi connectivity index (χ3v) is 1.98. The van der Waals surface area contributed by atoms with Crippen LogP contribution in [0.5, 0.6) is 0 Å². The van der Waals surface area contributed by atoms with Gasteiger partial charge in [0.1, 0.15) is 0 Å². The highest BCUT2D eigenvalue weighted by Crippen LogP contribution is 2.04. The molecule has 0 spiro atoms. The number of nitrogens with two attached hydrogens (primary N) is 1. The van der Waals surface area contributed by atoms with E-state index >= 15 is 0 Å². The minimum absolute atomic E-state index is 0.0894. The maximum atomic E-state index is 10.3. The highest BCUT2D eigenvalue weighted by atomic mass is 16.4. The summed E-state index contributed by atoms with van der Waals surface area (Å²) >= 11 is 0. The lowest BCUT2D eigenvalue weighted by Gasteiger charge is -2.09. The molecular formula is C10H14N2O2. The molecule has 1 rings (SSSR count). The van der Waals surface area contributed by atoms with Gasteiger partial charge in [0.2, 0.25) is 0 Å². The molecule has 0 aliphatic carbocycles. The highest BCUT2D eigenvalue weighted by Gasteiger charge is 2.06. The maximum absolute atomic E-state index is 10.3. The molecule has 0 saturated carbocycles. The van der Waals surface area contributed by atoms with Gasteiger partial charge in [-0.3, -0.25) is 9.78 Å². The van der Waals surface area contributed by atoms with Crippen LogP contribution in [0.15, 0.2) is 24.5 Å². The van der Waals surface area contributed by atoms with Gasteiger partial charge in [0, 0.05) is 24.9 Å². The Morgan fingerprint density at radius 3 is 2.71 bits per heavy atom. The van der Waals surface area contributed by atoms with E-state index in [0.29, 0.717) is 12.8 Å². The maximum Gasteiger partial charge on any atom is 0.303 e. The molecule has 0 amide bonds. The predicted octanol–water partition coefficient (Wildman–Crippen LogP) is 0.816. The first-order chi connectivity index (χ1) is 6.68. The van der Waals surface area contributed by atoms with Gasteiger partial charge < -0.3 is 10.8 Å². The summed E-state index contributed by atoms with van der Waals surface area (Å²) in [5.74, 6) is -0.796. The van der Waals surface area contributed by atoms with Gasteiger partial charge in [-0.2, -0.15) is 0 Å². The Balaban J connectivity index is 2.34. The lowest BCUT2D eigenvalue weighted by atomic mass is 10.0. The van der Waals surface area contributed by atoms with Crippen LogP contribution >= 0.6 is 0 Å². The molecule has 0 bridgehead atoms. The van der Waals surface area contributed by atoms with Gasteiger partial charge in [-0.05, 0) is 30.5 Å². The van der Waals surface area contributed by atoms with Crippen molar-refractivity contribution in [3.63, 3.8) is 0 Å². The van der Waals surface area contributed by atoms with Gasteiger partial charge in [-0.1, -0.05) is 0 Å².